The summed E-state index contributed by atoms with van der Waals surface area (Å²) in [6.07, 6.45) is 1.77. The summed E-state index contributed by atoms with van der Waals surface area (Å²) in [6.45, 7) is 2.11. The second kappa shape index (κ2) is 6.87. The highest BCUT2D eigenvalue weighted by Gasteiger charge is 2.19. The zero-order valence-electron chi connectivity index (χ0n) is 11.1. The number of sulfonamides is 1. The fourth-order valence-corrected chi connectivity index (χ4v) is 3.59. The molecule has 7 heteroatoms. The molecule has 1 heterocycles. The molecule has 112 valence electrons. The lowest BCUT2D eigenvalue weighted by atomic mass is 10.0. The standard InChI is InChI=1S/C13H19ClN2O3S/c14-13-7-12(2-1-11(13)8-15)20(17,18)16-9-10-3-5-19-6-4-10/h1-2,7,10,16H,3-6,8-9,15H2. The molecule has 1 aromatic rings. The second-order valence-electron chi connectivity index (χ2n) is 4.86. The van der Waals surface area contributed by atoms with E-state index in [9.17, 15) is 8.42 Å². The molecule has 0 amide bonds. The van der Waals surface area contributed by atoms with Gasteiger partial charge in [-0.2, -0.15) is 0 Å². The molecule has 1 saturated heterocycles. The first-order chi connectivity index (χ1) is 9.53. The SMILES string of the molecule is NCc1ccc(S(=O)(=O)NCC2CCOCC2)cc1Cl. The van der Waals surface area contributed by atoms with E-state index in [2.05, 4.69) is 4.72 Å². The summed E-state index contributed by atoms with van der Waals surface area (Å²) in [7, 11) is -3.52. The van der Waals surface area contributed by atoms with Gasteiger partial charge in [0.05, 0.1) is 4.90 Å². The van der Waals surface area contributed by atoms with Gasteiger partial charge < -0.3 is 10.5 Å². The van der Waals surface area contributed by atoms with Crippen LogP contribution in [0.1, 0.15) is 18.4 Å². The number of rotatable bonds is 5. The zero-order chi connectivity index (χ0) is 14.6. The van der Waals surface area contributed by atoms with Crippen LogP contribution in [-0.2, 0) is 21.3 Å². The van der Waals surface area contributed by atoms with Gasteiger partial charge in [0.1, 0.15) is 0 Å². The van der Waals surface area contributed by atoms with Gasteiger partial charge in [0, 0.05) is 31.3 Å². The van der Waals surface area contributed by atoms with Crippen molar-refractivity contribution in [2.45, 2.75) is 24.3 Å². The summed E-state index contributed by atoms with van der Waals surface area (Å²) in [6, 6.07) is 4.61. The van der Waals surface area contributed by atoms with E-state index in [1.807, 2.05) is 0 Å². The van der Waals surface area contributed by atoms with E-state index in [0.29, 0.717) is 30.7 Å². The van der Waals surface area contributed by atoms with Crippen LogP contribution in [0.2, 0.25) is 5.02 Å². The molecule has 5 nitrogen and oxygen atoms in total. The van der Waals surface area contributed by atoms with Crippen LogP contribution in [-0.4, -0.2) is 28.2 Å². The van der Waals surface area contributed by atoms with Crippen molar-refractivity contribution in [1.29, 1.82) is 0 Å². The Morgan fingerprint density at radius 3 is 2.65 bits per heavy atom. The summed E-state index contributed by atoms with van der Waals surface area (Å²) in [5.41, 5.74) is 6.24. The average Bonchev–Trinajstić information content (AvgIpc) is 2.46. The minimum Gasteiger partial charge on any atom is -0.381 e. The van der Waals surface area contributed by atoms with E-state index < -0.39 is 10.0 Å². The van der Waals surface area contributed by atoms with Crippen molar-refractivity contribution in [3.8, 4) is 0 Å². The molecule has 0 bridgehead atoms. The molecule has 1 fully saturated rings. The van der Waals surface area contributed by atoms with Crippen molar-refractivity contribution >= 4 is 21.6 Å². The van der Waals surface area contributed by atoms with Crippen LogP contribution in [0.4, 0.5) is 0 Å². The Labute approximate surface area is 124 Å². The molecule has 0 saturated carbocycles. The molecular formula is C13H19ClN2O3S. The van der Waals surface area contributed by atoms with Crippen molar-refractivity contribution in [3.05, 3.63) is 28.8 Å². The number of nitrogens with two attached hydrogens (primary N) is 1. The maximum absolute atomic E-state index is 12.2. The van der Waals surface area contributed by atoms with Crippen LogP contribution in [0.25, 0.3) is 0 Å². The minimum absolute atomic E-state index is 0.173. The Kier molecular flexibility index (Phi) is 5.40. The molecule has 20 heavy (non-hydrogen) atoms. The van der Waals surface area contributed by atoms with Crippen molar-refractivity contribution in [2.75, 3.05) is 19.8 Å². The monoisotopic (exact) mass is 318 g/mol. The molecule has 0 atom stereocenters. The Bertz CT molecular complexity index is 557. The first kappa shape index (κ1) is 15.7. The lowest BCUT2D eigenvalue weighted by Crippen LogP contribution is -2.32. The highest BCUT2D eigenvalue weighted by Crippen LogP contribution is 2.21. The van der Waals surface area contributed by atoms with E-state index >= 15 is 0 Å². The van der Waals surface area contributed by atoms with Crippen molar-refractivity contribution in [2.24, 2.45) is 11.7 Å². The lowest BCUT2D eigenvalue weighted by molar-refractivity contribution is 0.0678. The third-order valence-electron chi connectivity index (χ3n) is 3.46. The molecule has 0 aliphatic carbocycles. The van der Waals surface area contributed by atoms with E-state index in [4.69, 9.17) is 22.1 Å². The summed E-state index contributed by atoms with van der Waals surface area (Å²) in [5.74, 6) is 0.331. The maximum atomic E-state index is 12.2. The quantitative estimate of drug-likeness (QED) is 0.862. The number of halogens is 1. The normalized spacial score (nSPS) is 17.3. The first-order valence-electron chi connectivity index (χ1n) is 6.59. The van der Waals surface area contributed by atoms with Gasteiger partial charge in [-0.15, -0.1) is 0 Å². The third-order valence-corrected chi connectivity index (χ3v) is 5.23. The topological polar surface area (TPSA) is 81.4 Å². The van der Waals surface area contributed by atoms with E-state index in [1.165, 1.54) is 12.1 Å². The van der Waals surface area contributed by atoms with E-state index in [1.54, 1.807) is 6.07 Å². The first-order valence-corrected chi connectivity index (χ1v) is 8.45. The molecule has 1 aliphatic heterocycles. The van der Waals surface area contributed by atoms with Gasteiger partial charge in [-0.05, 0) is 36.5 Å². The molecule has 0 spiro atoms. The number of hydrogen-bond acceptors (Lipinski definition) is 4. The van der Waals surface area contributed by atoms with Crippen molar-refractivity contribution < 1.29 is 13.2 Å². The number of nitrogens with one attached hydrogen (secondary N) is 1. The lowest BCUT2D eigenvalue weighted by Gasteiger charge is -2.22. The molecule has 1 aliphatic rings. The molecule has 0 unspecified atom stereocenters. The minimum atomic E-state index is -3.52. The van der Waals surface area contributed by atoms with Crippen LogP contribution < -0.4 is 10.5 Å². The fraction of sp³-hybridized carbons (Fsp3) is 0.538. The predicted molar refractivity (Wildman–Crippen MR) is 78.1 cm³/mol. The number of ether oxygens (including phenoxy) is 1. The average molecular weight is 319 g/mol. The van der Waals surface area contributed by atoms with Crippen molar-refractivity contribution in [1.82, 2.24) is 4.72 Å². The van der Waals surface area contributed by atoms with Gasteiger partial charge in [-0.1, -0.05) is 17.7 Å². The van der Waals surface area contributed by atoms with Crippen LogP contribution >= 0.6 is 11.6 Å². The molecule has 2 rings (SSSR count). The third kappa shape index (κ3) is 3.93. The van der Waals surface area contributed by atoms with E-state index in [0.717, 1.165) is 18.4 Å². The summed E-state index contributed by atoms with van der Waals surface area (Å²) >= 11 is 6.00. The van der Waals surface area contributed by atoms with Crippen LogP contribution in [0.3, 0.4) is 0 Å². The molecule has 1 aromatic carbocycles. The Morgan fingerprint density at radius 2 is 2.05 bits per heavy atom. The van der Waals surface area contributed by atoms with Crippen molar-refractivity contribution in [3.63, 3.8) is 0 Å². The molecule has 0 radical (unpaired) electrons. The Morgan fingerprint density at radius 1 is 1.35 bits per heavy atom. The molecule has 0 aromatic heterocycles. The Balaban J connectivity index is 2.04. The molecule has 3 N–H and O–H groups in total. The van der Waals surface area contributed by atoms with Crippen LogP contribution in [0.5, 0.6) is 0 Å². The Hall–Kier alpha value is -0.660. The molecular weight excluding hydrogens is 300 g/mol. The zero-order valence-corrected chi connectivity index (χ0v) is 12.7. The van der Waals surface area contributed by atoms with E-state index in [-0.39, 0.29) is 11.4 Å². The second-order valence-corrected chi connectivity index (χ2v) is 7.04. The smallest absolute Gasteiger partial charge is 0.240 e. The largest absolute Gasteiger partial charge is 0.381 e. The van der Waals surface area contributed by atoms with Gasteiger partial charge in [0.25, 0.3) is 0 Å². The van der Waals surface area contributed by atoms with Gasteiger partial charge in [-0.3, -0.25) is 0 Å². The van der Waals surface area contributed by atoms with Gasteiger partial charge in [0.2, 0.25) is 10.0 Å². The highest BCUT2D eigenvalue weighted by molar-refractivity contribution is 7.89. The summed E-state index contributed by atoms with van der Waals surface area (Å²) in [5, 5.41) is 0.376. The van der Waals surface area contributed by atoms with Gasteiger partial charge in [-0.25, -0.2) is 13.1 Å². The van der Waals surface area contributed by atoms with Crippen LogP contribution in [0.15, 0.2) is 23.1 Å². The van der Waals surface area contributed by atoms with Gasteiger partial charge in [0.15, 0.2) is 0 Å². The summed E-state index contributed by atoms with van der Waals surface area (Å²) in [4.78, 5) is 0.173. The number of benzene rings is 1. The maximum Gasteiger partial charge on any atom is 0.240 e. The fourth-order valence-electron chi connectivity index (χ4n) is 2.12. The predicted octanol–water partition coefficient (Wildman–Crippen LogP) is 1.50. The van der Waals surface area contributed by atoms with Gasteiger partial charge >= 0.3 is 0 Å². The summed E-state index contributed by atoms with van der Waals surface area (Å²) < 4.78 is 32.3. The van der Waals surface area contributed by atoms with Crippen LogP contribution in [0, 0.1) is 5.92 Å². The number of hydrogen-bond donors (Lipinski definition) is 2. The highest BCUT2D eigenvalue weighted by atomic mass is 35.5.